The summed E-state index contributed by atoms with van der Waals surface area (Å²) in [5.41, 5.74) is 0. The van der Waals surface area contributed by atoms with E-state index >= 15 is 0 Å². The first kappa shape index (κ1) is 90.1. The molecular formula is C73H142O17P2. The van der Waals surface area contributed by atoms with Gasteiger partial charge in [0.15, 0.2) is 12.2 Å². The van der Waals surface area contributed by atoms with E-state index in [0.717, 1.165) is 96.3 Å². The Hall–Kier alpha value is -1.94. The van der Waals surface area contributed by atoms with Gasteiger partial charge in [-0.05, 0) is 31.6 Å². The molecule has 92 heavy (non-hydrogen) atoms. The van der Waals surface area contributed by atoms with E-state index in [1.54, 1.807) is 0 Å². The van der Waals surface area contributed by atoms with Crippen LogP contribution in [0.5, 0.6) is 0 Å². The molecule has 0 aliphatic rings. The van der Waals surface area contributed by atoms with E-state index in [0.29, 0.717) is 31.6 Å². The number of aliphatic hydroxyl groups excluding tert-OH is 1. The summed E-state index contributed by atoms with van der Waals surface area (Å²) in [4.78, 5) is 72.6. The van der Waals surface area contributed by atoms with E-state index in [4.69, 9.17) is 37.0 Å². The molecule has 17 nitrogen and oxygen atoms in total. The second-order valence-electron chi connectivity index (χ2n) is 26.8. The summed E-state index contributed by atoms with van der Waals surface area (Å²) in [6, 6.07) is 0. The van der Waals surface area contributed by atoms with Gasteiger partial charge in [0.05, 0.1) is 26.4 Å². The minimum Gasteiger partial charge on any atom is -0.462 e. The Labute approximate surface area is 562 Å². The van der Waals surface area contributed by atoms with Gasteiger partial charge in [-0.15, -0.1) is 0 Å². The third kappa shape index (κ3) is 66.7. The molecule has 0 bridgehead atoms. The van der Waals surface area contributed by atoms with Crippen LogP contribution in [0.1, 0.15) is 381 Å². The molecule has 0 aliphatic heterocycles. The van der Waals surface area contributed by atoms with Crippen molar-refractivity contribution in [2.75, 3.05) is 39.6 Å². The van der Waals surface area contributed by atoms with Crippen molar-refractivity contribution in [3.63, 3.8) is 0 Å². The SMILES string of the molecule is CCCCCCCCCCCCCCCCCCCC(=O)O[C@H](COC(=O)CCCCCCCCCCCCCCC)COP(=O)(O)OC[C@@H](O)COP(=O)(O)OC[C@@H](COC(=O)CCCCCCCCC(C)C)OC(=O)CCCCCCCCCCCCCCC. The maximum absolute atomic E-state index is 13.1. The number of rotatable bonds is 73. The summed E-state index contributed by atoms with van der Waals surface area (Å²) in [6.45, 7) is 7.20. The van der Waals surface area contributed by atoms with Gasteiger partial charge in [-0.25, -0.2) is 9.13 Å². The normalized spacial score (nSPS) is 14.0. The van der Waals surface area contributed by atoms with E-state index in [2.05, 4.69) is 34.6 Å². The maximum Gasteiger partial charge on any atom is 0.472 e. The highest BCUT2D eigenvalue weighted by Crippen LogP contribution is 2.45. The van der Waals surface area contributed by atoms with Crippen molar-refractivity contribution in [1.29, 1.82) is 0 Å². The molecule has 0 saturated carbocycles. The lowest BCUT2D eigenvalue weighted by molar-refractivity contribution is -0.161. The highest BCUT2D eigenvalue weighted by Gasteiger charge is 2.30. The molecule has 0 radical (unpaired) electrons. The first-order chi connectivity index (χ1) is 44.5. The number of unbranched alkanes of at least 4 members (excludes halogenated alkanes) is 45. The molecule has 0 amide bonds. The molecule has 0 fully saturated rings. The molecule has 0 aliphatic carbocycles. The molecule has 0 aromatic carbocycles. The predicted octanol–water partition coefficient (Wildman–Crippen LogP) is 21.3. The van der Waals surface area contributed by atoms with E-state index in [9.17, 15) is 43.2 Å². The molecule has 0 aromatic heterocycles. The van der Waals surface area contributed by atoms with Crippen LogP contribution in [0.25, 0.3) is 0 Å². The van der Waals surface area contributed by atoms with Crippen LogP contribution in [-0.4, -0.2) is 96.7 Å². The van der Waals surface area contributed by atoms with Crippen LogP contribution >= 0.6 is 15.6 Å². The maximum atomic E-state index is 13.1. The first-order valence-corrected chi connectivity index (χ1v) is 41.1. The van der Waals surface area contributed by atoms with Crippen LogP contribution in [0.2, 0.25) is 0 Å². The minimum atomic E-state index is -4.95. The summed E-state index contributed by atoms with van der Waals surface area (Å²) < 4.78 is 68.4. The number of phosphoric ester groups is 2. The predicted molar refractivity (Wildman–Crippen MR) is 372 cm³/mol. The topological polar surface area (TPSA) is 237 Å². The van der Waals surface area contributed by atoms with Crippen LogP contribution in [0, 0.1) is 5.92 Å². The number of hydrogen-bond donors (Lipinski definition) is 3. The molecule has 5 atom stereocenters. The Morgan fingerprint density at radius 3 is 0.739 bits per heavy atom. The number of esters is 4. The zero-order chi connectivity index (χ0) is 67.7. The Bertz CT molecular complexity index is 1770. The lowest BCUT2D eigenvalue weighted by Crippen LogP contribution is -2.30. The van der Waals surface area contributed by atoms with Crippen molar-refractivity contribution in [2.24, 2.45) is 5.92 Å². The third-order valence-electron chi connectivity index (χ3n) is 17.0. The van der Waals surface area contributed by atoms with Gasteiger partial charge in [-0.3, -0.25) is 37.3 Å². The number of ether oxygens (including phenoxy) is 4. The van der Waals surface area contributed by atoms with Gasteiger partial charge in [-0.2, -0.15) is 0 Å². The van der Waals surface area contributed by atoms with Crippen molar-refractivity contribution in [3.05, 3.63) is 0 Å². The molecule has 0 aromatic rings. The van der Waals surface area contributed by atoms with Gasteiger partial charge in [0.25, 0.3) is 0 Å². The fraction of sp³-hybridized carbons (Fsp3) is 0.945. The molecule has 0 heterocycles. The molecule has 2 unspecified atom stereocenters. The van der Waals surface area contributed by atoms with Gasteiger partial charge in [0, 0.05) is 25.7 Å². The van der Waals surface area contributed by atoms with Crippen molar-refractivity contribution in [2.45, 2.75) is 400 Å². The molecule has 19 heteroatoms. The molecule has 0 spiro atoms. The standard InChI is InChI=1S/C73H142O17P2/c1-6-9-12-15-18-21-24-27-28-29-30-33-36-39-42-49-54-59-72(77)89-68(62-83-70(75)56-51-46-40-37-34-31-25-22-19-16-13-10-7-2)64-87-91(79,80)85-60-67(74)61-86-92(81,82)88-65-69(63-84-71(76)57-52-47-44-43-45-50-55-66(4)5)90-73(78)58-53-48-41-38-35-32-26-23-20-17-14-11-8-3/h66-69,74H,6-65H2,1-5H3,(H,79,80)(H,81,82)/t67-,68-,69-/m1/s1. The zero-order valence-electron chi connectivity index (χ0n) is 59.7. The highest BCUT2D eigenvalue weighted by molar-refractivity contribution is 7.47. The average molecular weight is 1350 g/mol. The fourth-order valence-corrected chi connectivity index (χ4v) is 12.8. The number of aliphatic hydroxyl groups is 1. The quantitative estimate of drug-likeness (QED) is 0.0222. The van der Waals surface area contributed by atoms with E-state index in [-0.39, 0.29) is 25.7 Å². The van der Waals surface area contributed by atoms with E-state index in [1.165, 1.54) is 199 Å². The smallest absolute Gasteiger partial charge is 0.462 e. The lowest BCUT2D eigenvalue weighted by atomic mass is 10.0. The number of carbonyl (C=O) groups is 4. The second-order valence-corrected chi connectivity index (χ2v) is 29.7. The average Bonchev–Trinajstić information content (AvgIpc) is 3.64. The van der Waals surface area contributed by atoms with Gasteiger partial charge in [-0.1, -0.05) is 330 Å². The zero-order valence-corrected chi connectivity index (χ0v) is 61.5. The largest absolute Gasteiger partial charge is 0.472 e. The second kappa shape index (κ2) is 66.3. The molecule has 3 N–H and O–H groups in total. The Balaban J connectivity index is 5.23. The fourth-order valence-electron chi connectivity index (χ4n) is 11.2. The van der Waals surface area contributed by atoms with Crippen molar-refractivity contribution >= 4 is 39.5 Å². The van der Waals surface area contributed by atoms with Gasteiger partial charge in [0.1, 0.15) is 19.3 Å². The van der Waals surface area contributed by atoms with Crippen molar-refractivity contribution in [3.8, 4) is 0 Å². The van der Waals surface area contributed by atoms with Crippen molar-refractivity contribution < 1.29 is 80.2 Å². The minimum absolute atomic E-state index is 0.107. The van der Waals surface area contributed by atoms with Gasteiger partial charge >= 0.3 is 39.5 Å². The molecule has 0 saturated heterocycles. The van der Waals surface area contributed by atoms with Crippen LogP contribution < -0.4 is 0 Å². The van der Waals surface area contributed by atoms with Crippen LogP contribution in [0.4, 0.5) is 0 Å². The number of hydrogen-bond acceptors (Lipinski definition) is 15. The third-order valence-corrected chi connectivity index (χ3v) is 18.9. The van der Waals surface area contributed by atoms with Gasteiger partial charge < -0.3 is 33.8 Å². The summed E-state index contributed by atoms with van der Waals surface area (Å²) in [5.74, 6) is -1.44. The Morgan fingerprint density at radius 1 is 0.293 bits per heavy atom. The first-order valence-electron chi connectivity index (χ1n) is 38.1. The summed E-state index contributed by atoms with van der Waals surface area (Å²) in [7, 11) is -9.90. The van der Waals surface area contributed by atoms with Crippen molar-refractivity contribution in [1.82, 2.24) is 0 Å². The van der Waals surface area contributed by atoms with Crippen LogP contribution in [0.15, 0.2) is 0 Å². The Morgan fingerprint density at radius 2 is 0.500 bits per heavy atom. The highest BCUT2D eigenvalue weighted by atomic mass is 31.2. The lowest BCUT2D eigenvalue weighted by Gasteiger charge is -2.21. The molecule has 546 valence electrons. The Kier molecular flexibility index (Phi) is 64.9. The monoisotopic (exact) mass is 1350 g/mol. The van der Waals surface area contributed by atoms with Gasteiger partial charge in [0.2, 0.25) is 0 Å². The van der Waals surface area contributed by atoms with E-state index < -0.39 is 97.5 Å². The van der Waals surface area contributed by atoms with Crippen LogP contribution in [-0.2, 0) is 65.4 Å². The van der Waals surface area contributed by atoms with E-state index in [1.807, 2.05) is 0 Å². The summed E-state index contributed by atoms with van der Waals surface area (Å²) in [6.07, 6.45) is 54.1. The van der Waals surface area contributed by atoms with Crippen LogP contribution in [0.3, 0.4) is 0 Å². The summed E-state index contributed by atoms with van der Waals surface area (Å²) >= 11 is 0. The number of phosphoric acid groups is 2. The molecular weight excluding hydrogens is 1210 g/mol. The summed E-state index contributed by atoms with van der Waals surface area (Å²) in [5, 5.41) is 10.6. The molecule has 0 rings (SSSR count). The number of carbonyl (C=O) groups excluding carboxylic acids is 4.